The van der Waals surface area contributed by atoms with Crippen LogP contribution in [0.4, 0.5) is 0 Å². The average Bonchev–Trinajstić information content (AvgIpc) is 2.80. The number of benzene rings is 2. The van der Waals surface area contributed by atoms with E-state index in [1.165, 1.54) is 0 Å². The van der Waals surface area contributed by atoms with Gasteiger partial charge in [0.25, 0.3) is 0 Å². The van der Waals surface area contributed by atoms with Crippen LogP contribution in [-0.4, -0.2) is 9.55 Å². The minimum Gasteiger partial charge on any atom is -0.295 e. The molecule has 0 amide bonds. The molecule has 0 bridgehead atoms. The second kappa shape index (κ2) is 5.69. The van der Waals surface area contributed by atoms with Gasteiger partial charge in [0.05, 0.1) is 26.5 Å². The predicted octanol–water partition coefficient (Wildman–Crippen LogP) is 6.29. The number of hydrogen-bond acceptors (Lipinski definition) is 1. The van der Waals surface area contributed by atoms with Crippen LogP contribution in [0.2, 0.25) is 15.1 Å². The summed E-state index contributed by atoms with van der Waals surface area (Å²) in [4.78, 5) is 4.57. The van der Waals surface area contributed by atoms with Gasteiger partial charge in [-0.1, -0.05) is 34.8 Å². The summed E-state index contributed by atoms with van der Waals surface area (Å²) >= 11 is 24.4. The number of fused-ring (bicyclic) bond motifs is 1. The molecule has 2 nitrogen and oxygen atoms in total. The van der Waals surface area contributed by atoms with Gasteiger partial charge in [0.2, 0.25) is 0 Å². The first kappa shape index (κ1) is 15.0. The minimum atomic E-state index is -0.259. The molecule has 0 fully saturated rings. The van der Waals surface area contributed by atoms with Crippen molar-refractivity contribution in [3.8, 4) is 5.69 Å². The Morgan fingerprint density at radius 2 is 1.76 bits per heavy atom. The molecule has 1 atom stereocenters. The highest BCUT2D eigenvalue weighted by Crippen LogP contribution is 2.32. The maximum absolute atomic E-state index is 6.27. The van der Waals surface area contributed by atoms with Crippen molar-refractivity contribution in [1.29, 1.82) is 0 Å². The summed E-state index contributed by atoms with van der Waals surface area (Å²) in [5.41, 5.74) is 2.56. The second-order valence-corrected chi connectivity index (χ2v) is 6.56. The predicted molar refractivity (Wildman–Crippen MR) is 90.4 cm³/mol. The lowest BCUT2D eigenvalue weighted by Gasteiger charge is -2.11. The average molecular weight is 360 g/mol. The Kier molecular flexibility index (Phi) is 4.06. The third-order valence-electron chi connectivity index (χ3n) is 3.16. The molecule has 3 rings (SSSR count). The van der Waals surface area contributed by atoms with E-state index in [0.717, 1.165) is 22.5 Å². The summed E-state index contributed by atoms with van der Waals surface area (Å²) < 4.78 is 1.96. The number of aromatic nitrogens is 2. The Hall–Kier alpha value is -0.930. The van der Waals surface area contributed by atoms with E-state index < -0.39 is 0 Å². The zero-order valence-corrected chi connectivity index (χ0v) is 14.0. The van der Waals surface area contributed by atoms with Crippen LogP contribution in [0.1, 0.15) is 18.1 Å². The summed E-state index contributed by atoms with van der Waals surface area (Å²) in [6.45, 7) is 1.87. The summed E-state index contributed by atoms with van der Waals surface area (Å²) in [5.74, 6) is 0.729. The fourth-order valence-electron chi connectivity index (χ4n) is 2.23. The smallest absolute Gasteiger partial charge is 0.132 e. The number of hydrogen-bond donors (Lipinski definition) is 0. The molecule has 1 heterocycles. The summed E-state index contributed by atoms with van der Waals surface area (Å²) in [7, 11) is 0. The first-order chi connectivity index (χ1) is 9.97. The standard InChI is InChI=1S/C15H10Cl4N2/c1-8(16)15-20-13-6-9(17)2-5-14(13)21(15)10-3-4-11(18)12(19)7-10/h2-8H,1H3. The monoisotopic (exact) mass is 358 g/mol. The van der Waals surface area contributed by atoms with Gasteiger partial charge in [0.15, 0.2) is 0 Å². The summed E-state index contributed by atoms with van der Waals surface area (Å²) in [6, 6.07) is 11.0. The number of alkyl halides is 1. The van der Waals surface area contributed by atoms with Gasteiger partial charge >= 0.3 is 0 Å². The first-order valence-corrected chi connectivity index (χ1v) is 7.82. The van der Waals surface area contributed by atoms with Crippen molar-refractivity contribution in [3.05, 3.63) is 57.3 Å². The van der Waals surface area contributed by atoms with Crippen LogP contribution in [0.15, 0.2) is 36.4 Å². The third kappa shape index (κ3) is 2.74. The van der Waals surface area contributed by atoms with Gasteiger partial charge < -0.3 is 0 Å². The Morgan fingerprint density at radius 1 is 1.00 bits per heavy atom. The first-order valence-electron chi connectivity index (χ1n) is 6.25. The number of nitrogens with zero attached hydrogens (tertiary/aromatic N) is 2. The molecule has 21 heavy (non-hydrogen) atoms. The molecule has 0 N–H and O–H groups in total. The van der Waals surface area contributed by atoms with Crippen LogP contribution in [0, 0.1) is 0 Å². The lowest BCUT2D eigenvalue weighted by molar-refractivity contribution is 0.882. The van der Waals surface area contributed by atoms with Crippen molar-refractivity contribution >= 4 is 57.4 Å². The van der Waals surface area contributed by atoms with Gasteiger partial charge in [-0.15, -0.1) is 11.6 Å². The molecule has 1 aromatic heterocycles. The van der Waals surface area contributed by atoms with Gasteiger partial charge in [-0.05, 0) is 43.3 Å². The zero-order valence-electron chi connectivity index (χ0n) is 10.9. The number of halogens is 4. The Morgan fingerprint density at radius 3 is 2.43 bits per heavy atom. The van der Waals surface area contributed by atoms with E-state index in [1.807, 2.05) is 35.8 Å². The molecule has 0 aliphatic heterocycles. The lowest BCUT2D eigenvalue weighted by atomic mass is 10.2. The van der Waals surface area contributed by atoms with Crippen LogP contribution in [-0.2, 0) is 0 Å². The molecule has 0 spiro atoms. The molecule has 0 aliphatic carbocycles. The van der Waals surface area contributed by atoms with Crippen LogP contribution in [0.3, 0.4) is 0 Å². The summed E-state index contributed by atoms with van der Waals surface area (Å²) in [5, 5.41) is 1.37. The van der Waals surface area contributed by atoms with Gasteiger partial charge in [-0.2, -0.15) is 0 Å². The van der Waals surface area contributed by atoms with Crippen molar-refractivity contribution in [3.63, 3.8) is 0 Å². The van der Waals surface area contributed by atoms with Crippen LogP contribution in [0.25, 0.3) is 16.7 Å². The molecule has 108 valence electrons. The maximum Gasteiger partial charge on any atom is 0.132 e. The highest BCUT2D eigenvalue weighted by atomic mass is 35.5. The maximum atomic E-state index is 6.27. The summed E-state index contributed by atoms with van der Waals surface area (Å²) in [6.07, 6.45) is 0. The van der Waals surface area contributed by atoms with E-state index in [4.69, 9.17) is 46.4 Å². The zero-order chi connectivity index (χ0) is 15.1. The molecule has 0 aliphatic rings. The van der Waals surface area contributed by atoms with E-state index >= 15 is 0 Å². The lowest BCUT2D eigenvalue weighted by Crippen LogP contribution is -2.01. The highest BCUT2D eigenvalue weighted by Gasteiger charge is 2.17. The van der Waals surface area contributed by atoms with Crippen molar-refractivity contribution in [1.82, 2.24) is 9.55 Å². The van der Waals surface area contributed by atoms with E-state index in [1.54, 1.807) is 12.1 Å². The second-order valence-electron chi connectivity index (χ2n) is 4.65. The largest absolute Gasteiger partial charge is 0.295 e. The van der Waals surface area contributed by atoms with Gasteiger partial charge in [0.1, 0.15) is 5.82 Å². The van der Waals surface area contributed by atoms with Gasteiger partial charge in [0, 0.05) is 10.7 Å². The van der Waals surface area contributed by atoms with E-state index in [-0.39, 0.29) is 5.38 Å². The van der Waals surface area contributed by atoms with Crippen LogP contribution < -0.4 is 0 Å². The molecule has 0 radical (unpaired) electrons. The van der Waals surface area contributed by atoms with Crippen molar-refractivity contribution in [2.75, 3.05) is 0 Å². The molecule has 6 heteroatoms. The molecule has 2 aromatic carbocycles. The Bertz CT molecular complexity index is 824. The van der Waals surface area contributed by atoms with Crippen LogP contribution in [0.5, 0.6) is 0 Å². The quantitative estimate of drug-likeness (QED) is 0.492. The fraction of sp³-hybridized carbons (Fsp3) is 0.133. The van der Waals surface area contributed by atoms with Gasteiger partial charge in [-0.3, -0.25) is 4.57 Å². The topological polar surface area (TPSA) is 17.8 Å². The molecule has 1 unspecified atom stereocenters. The normalized spacial score (nSPS) is 12.8. The van der Waals surface area contributed by atoms with Crippen molar-refractivity contribution < 1.29 is 0 Å². The molecular formula is C15H10Cl4N2. The van der Waals surface area contributed by atoms with E-state index in [0.29, 0.717) is 15.1 Å². The van der Waals surface area contributed by atoms with Gasteiger partial charge in [-0.25, -0.2) is 4.98 Å². The fourth-order valence-corrected chi connectivity index (χ4v) is 2.84. The van der Waals surface area contributed by atoms with E-state index in [9.17, 15) is 0 Å². The highest BCUT2D eigenvalue weighted by molar-refractivity contribution is 6.42. The number of imidazole rings is 1. The molecule has 0 saturated heterocycles. The van der Waals surface area contributed by atoms with Crippen molar-refractivity contribution in [2.24, 2.45) is 0 Å². The molecule has 3 aromatic rings. The third-order valence-corrected chi connectivity index (χ3v) is 4.33. The number of rotatable bonds is 2. The molecule has 0 saturated carbocycles. The Balaban J connectivity index is 2.33. The minimum absolute atomic E-state index is 0.259. The van der Waals surface area contributed by atoms with Crippen LogP contribution >= 0.6 is 46.4 Å². The molecular weight excluding hydrogens is 350 g/mol. The van der Waals surface area contributed by atoms with E-state index in [2.05, 4.69) is 4.98 Å². The SMILES string of the molecule is CC(Cl)c1nc2cc(Cl)ccc2n1-c1ccc(Cl)c(Cl)c1. The van der Waals surface area contributed by atoms with Crippen molar-refractivity contribution in [2.45, 2.75) is 12.3 Å². The Labute approximate surface area is 142 Å².